The molecule has 3 heteroatoms. The third-order valence-electron chi connectivity index (χ3n) is 4.24. The zero-order valence-electron chi connectivity index (χ0n) is 13.6. The highest BCUT2D eigenvalue weighted by molar-refractivity contribution is 7.98. The van der Waals surface area contributed by atoms with E-state index in [0.29, 0.717) is 0 Å². The number of hydrogen-bond acceptors (Lipinski definition) is 2. The summed E-state index contributed by atoms with van der Waals surface area (Å²) in [6, 6.07) is 26.8. The molecule has 1 aromatic heterocycles. The summed E-state index contributed by atoms with van der Waals surface area (Å²) in [4.78, 5) is 12.4. The predicted molar refractivity (Wildman–Crippen MR) is 104 cm³/mol. The first-order valence-electron chi connectivity index (χ1n) is 8.20. The molecule has 25 heavy (non-hydrogen) atoms. The first-order chi connectivity index (χ1) is 12.3. The smallest absolute Gasteiger partial charge is 0.150 e. The van der Waals surface area contributed by atoms with Crippen LogP contribution in [0.25, 0.3) is 10.9 Å². The zero-order chi connectivity index (χ0) is 17.1. The number of aldehydes is 1. The van der Waals surface area contributed by atoms with Crippen LogP contribution in [-0.2, 0) is 6.42 Å². The highest BCUT2D eigenvalue weighted by Gasteiger charge is 2.06. The van der Waals surface area contributed by atoms with E-state index >= 15 is 0 Å². The molecule has 1 heterocycles. The topological polar surface area (TPSA) is 22.0 Å². The molecule has 0 amide bonds. The molecule has 0 N–H and O–H groups in total. The Morgan fingerprint density at radius 3 is 2.52 bits per heavy atom. The normalized spacial score (nSPS) is 10.9. The highest BCUT2D eigenvalue weighted by atomic mass is 32.2. The van der Waals surface area contributed by atoms with Gasteiger partial charge < -0.3 is 0 Å². The molecule has 2 nitrogen and oxygen atoms in total. The molecule has 0 aliphatic rings. The van der Waals surface area contributed by atoms with Crippen molar-refractivity contribution in [3.05, 3.63) is 102 Å². The van der Waals surface area contributed by atoms with Gasteiger partial charge in [0.1, 0.15) is 6.29 Å². The number of benzene rings is 3. The minimum atomic E-state index is 0.764. The molecule has 122 valence electrons. The Morgan fingerprint density at radius 1 is 0.880 bits per heavy atom. The van der Waals surface area contributed by atoms with Crippen molar-refractivity contribution in [3.8, 4) is 0 Å². The van der Waals surface area contributed by atoms with Crippen molar-refractivity contribution < 1.29 is 4.79 Å². The molecule has 0 radical (unpaired) electrons. The van der Waals surface area contributed by atoms with Crippen LogP contribution in [0, 0.1) is 0 Å². The van der Waals surface area contributed by atoms with Gasteiger partial charge >= 0.3 is 0 Å². The maximum atomic E-state index is 11.2. The molecule has 0 bridgehead atoms. The SMILES string of the molecule is O=Cc1ccccc1Cc1ccc2c(ccn2Sc2ccccc2)c1. The lowest BCUT2D eigenvalue weighted by Gasteiger charge is -2.07. The Morgan fingerprint density at radius 2 is 1.68 bits per heavy atom. The van der Waals surface area contributed by atoms with Gasteiger partial charge in [0.25, 0.3) is 0 Å². The number of carbonyl (C=O) groups excluding carboxylic acids is 1. The minimum absolute atomic E-state index is 0.764. The first-order valence-corrected chi connectivity index (χ1v) is 8.97. The van der Waals surface area contributed by atoms with Crippen molar-refractivity contribution in [3.63, 3.8) is 0 Å². The molecule has 4 aromatic rings. The number of fused-ring (bicyclic) bond motifs is 1. The van der Waals surface area contributed by atoms with E-state index in [1.54, 1.807) is 11.9 Å². The molecular weight excluding hydrogens is 326 g/mol. The van der Waals surface area contributed by atoms with Crippen LogP contribution in [0.3, 0.4) is 0 Å². The number of rotatable bonds is 5. The Kier molecular flexibility index (Phi) is 4.40. The predicted octanol–water partition coefficient (Wildman–Crippen LogP) is 5.60. The molecule has 0 unspecified atom stereocenters. The molecule has 3 aromatic carbocycles. The third-order valence-corrected chi connectivity index (χ3v) is 5.24. The second kappa shape index (κ2) is 6.99. The van der Waals surface area contributed by atoms with Crippen LogP contribution in [0.1, 0.15) is 21.5 Å². The Bertz CT molecular complexity index is 1020. The van der Waals surface area contributed by atoms with Gasteiger partial charge in [0.15, 0.2) is 0 Å². The Hall–Kier alpha value is -2.78. The van der Waals surface area contributed by atoms with Crippen LogP contribution >= 0.6 is 11.9 Å². The maximum absolute atomic E-state index is 11.2. The van der Waals surface area contributed by atoms with E-state index in [2.05, 4.69) is 58.7 Å². The largest absolute Gasteiger partial charge is 0.298 e. The molecule has 0 spiro atoms. The molecule has 0 aliphatic carbocycles. The van der Waals surface area contributed by atoms with E-state index in [4.69, 9.17) is 0 Å². The number of aromatic nitrogens is 1. The zero-order valence-corrected chi connectivity index (χ0v) is 14.4. The van der Waals surface area contributed by atoms with Crippen molar-refractivity contribution in [1.29, 1.82) is 0 Å². The van der Waals surface area contributed by atoms with Gasteiger partial charge in [-0.3, -0.25) is 8.77 Å². The van der Waals surface area contributed by atoms with E-state index in [1.807, 2.05) is 30.3 Å². The molecule has 0 aliphatic heterocycles. The standard InChI is InChI=1S/C22H17NOS/c24-16-20-7-5-4-6-18(20)14-17-10-11-22-19(15-17)12-13-23(22)25-21-8-2-1-3-9-21/h1-13,15-16H,14H2. The van der Waals surface area contributed by atoms with Crippen LogP contribution in [0.5, 0.6) is 0 Å². The van der Waals surface area contributed by atoms with Crippen LogP contribution in [-0.4, -0.2) is 10.3 Å². The average molecular weight is 343 g/mol. The van der Waals surface area contributed by atoms with E-state index in [1.165, 1.54) is 21.4 Å². The fourth-order valence-electron chi connectivity index (χ4n) is 2.98. The summed E-state index contributed by atoms with van der Waals surface area (Å²) in [5, 5.41) is 1.21. The van der Waals surface area contributed by atoms with Crippen molar-refractivity contribution in [2.75, 3.05) is 0 Å². The second-order valence-corrected chi connectivity index (χ2v) is 6.98. The summed E-state index contributed by atoms with van der Waals surface area (Å²) in [7, 11) is 0. The lowest BCUT2D eigenvalue weighted by molar-refractivity contribution is 0.112. The summed E-state index contributed by atoms with van der Waals surface area (Å²) < 4.78 is 2.19. The summed E-state index contributed by atoms with van der Waals surface area (Å²) in [5.41, 5.74) is 4.24. The molecule has 0 fully saturated rings. The van der Waals surface area contributed by atoms with E-state index in [9.17, 15) is 4.79 Å². The number of carbonyl (C=O) groups is 1. The van der Waals surface area contributed by atoms with Gasteiger partial charge in [0.2, 0.25) is 0 Å². The van der Waals surface area contributed by atoms with E-state index < -0.39 is 0 Å². The monoisotopic (exact) mass is 343 g/mol. The maximum Gasteiger partial charge on any atom is 0.150 e. The van der Waals surface area contributed by atoms with Crippen LogP contribution in [0.15, 0.2) is 90.0 Å². The van der Waals surface area contributed by atoms with Crippen molar-refractivity contribution in [2.24, 2.45) is 0 Å². The minimum Gasteiger partial charge on any atom is -0.298 e. The van der Waals surface area contributed by atoms with Crippen molar-refractivity contribution >= 4 is 29.1 Å². The van der Waals surface area contributed by atoms with Crippen molar-refractivity contribution in [1.82, 2.24) is 3.97 Å². The molecule has 0 atom stereocenters. The fraction of sp³-hybridized carbons (Fsp3) is 0.0455. The quantitative estimate of drug-likeness (QED) is 0.440. The second-order valence-electron chi connectivity index (χ2n) is 5.93. The van der Waals surface area contributed by atoms with Gasteiger partial charge in [-0.15, -0.1) is 0 Å². The number of nitrogens with zero attached hydrogens (tertiary/aromatic N) is 1. The lowest BCUT2D eigenvalue weighted by Crippen LogP contribution is -1.94. The van der Waals surface area contributed by atoms with Gasteiger partial charge in [0.05, 0.1) is 5.52 Å². The average Bonchev–Trinajstić information content (AvgIpc) is 3.05. The Labute approximate surface area is 151 Å². The summed E-state index contributed by atoms with van der Waals surface area (Å²) >= 11 is 1.71. The van der Waals surface area contributed by atoms with Gasteiger partial charge in [-0.05, 0) is 59.8 Å². The van der Waals surface area contributed by atoms with Gasteiger partial charge in [0, 0.05) is 22.0 Å². The van der Waals surface area contributed by atoms with Crippen LogP contribution < -0.4 is 0 Å². The molecule has 0 saturated carbocycles. The van der Waals surface area contributed by atoms with Gasteiger partial charge in [-0.1, -0.05) is 48.5 Å². The van der Waals surface area contributed by atoms with Gasteiger partial charge in [-0.25, -0.2) is 0 Å². The molecular formula is C22H17NOS. The third kappa shape index (κ3) is 3.37. The van der Waals surface area contributed by atoms with E-state index in [0.717, 1.165) is 23.8 Å². The molecule has 0 saturated heterocycles. The van der Waals surface area contributed by atoms with E-state index in [-0.39, 0.29) is 0 Å². The summed E-state index contributed by atoms with van der Waals surface area (Å²) in [6.45, 7) is 0. The summed E-state index contributed by atoms with van der Waals surface area (Å²) in [6.07, 6.45) is 3.80. The fourth-order valence-corrected chi connectivity index (χ4v) is 3.87. The number of hydrogen-bond donors (Lipinski definition) is 0. The first kappa shape index (κ1) is 15.7. The molecule has 4 rings (SSSR count). The lowest BCUT2D eigenvalue weighted by atomic mass is 10.00. The van der Waals surface area contributed by atoms with Gasteiger partial charge in [-0.2, -0.15) is 0 Å². The Balaban J connectivity index is 1.62. The van der Waals surface area contributed by atoms with Crippen molar-refractivity contribution in [2.45, 2.75) is 11.3 Å². The van der Waals surface area contributed by atoms with Crippen LogP contribution in [0.2, 0.25) is 0 Å². The highest BCUT2D eigenvalue weighted by Crippen LogP contribution is 2.27. The van der Waals surface area contributed by atoms with Crippen LogP contribution in [0.4, 0.5) is 0 Å². The summed E-state index contributed by atoms with van der Waals surface area (Å²) in [5.74, 6) is 0.